The van der Waals surface area contributed by atoms with Crippen LogP contribution in [-0.2, 0) is 4.74 Å². The molecule has 2 saturated heterocycles. The number of piperidine rings is 1. The number of carbonyl (C=O) groups is 1. The summed E-state index contributed by atoms with van der Waals surface area (Å²) in [5.74, 6) is 0.283. The topological polar surface area (TPSA) is 90.5 Å². The molecule has 30 heavy (non-hydrogen) atoms. The predicted octanol–water partition coefficient (Wildman–Crippen LogP) is 3.73. The Labute approximate surface area is 182 Å². The third-order valence-corrected chi connectivity index (χ3v) is 7.16. The number of nitrogens with zero attached hydrogens (tertiary/aromatic N) is 2. The van der Waals surface area contributed by atoms with Gasteiger partial charge in [0.25, 0.3) is 0 Å². The molecule has 1 aromatic heterocycles. The lowest BCUT2D eigenvalue weighted by Gasteiger charge is -2.44. The van der Waals surface area contributed by atoms with E-state index in [2.05, 4.69) is 36.3 Å². The monoisotopic (exact) mass is 434 g/mol. The summed E-state index contributed by atoms with van der Waals surface area (Å²) in [7, 11) is 0. The van der Waals surface area contributed by atoms with Crippen LogP contribution in [0, 0.1) is 16.7 Å². The number of hydrogen-bond donors (Lipinski definition) is 3. The average Bonchev–Trinajstić information content (AvgIpc) is 3.17. The number of urea groups is 1. The van der Waals surface area contributed by atoms with Gasteiger partial charge < -0.3 is 20.1 Å². The highest BCUT2D eigenvalue weighted by molar-refractivity contribution is 6.31. The number of carbonyl (C=O) groups excluding carboxylic acids is 1. The summed E-state index contributed by atoms with van der Waals surface area (Å²) < 4.78 is 5.25. The number of ether oxygens (including phenoxy) is 1. The number of aromatic nitrogens is 2. The van der Waals surface area contributed by atoms with Crippen LogP contribution in [0.4, 0.5) is 4.79 Å². The van der Waals surface area contributed by atoms with Crippen LogP contribution in [0.25, 0.3) is 10.9 Å². The normalized spacial score (nSPS) is 20.8. The molecular weight excluding hydrogens is 404 g/mol. The zero-order valence-corrected chi connectivity index (χ0v) is 18.6. The molecule has 7 nitrogen and oxygen atoms in total. The lowest BCUT2D eigenvalue weighted by atomic mass is 9.68. The molecule has 0 radical (unpaired) electrons. The third kappa shape index (κ3) is 4.03. The second-order valence-electron chi connectivity index (χ2n) is 9.78. The minimum Gasteiger partial charge on any atom is -0.388 e. The summed E-state index contributed by atoms with van der Waals surface area (Å²) >= 11 is 6.28. The molecule has 4 rings (SSSR count). The van der Waals surface area contributed by atoms with Crippen molar-refractivity contribution in [2.24, 2.45) is 16.7 Å². The zero-order chi connectivity index (χ0) is 21.5. The van der Waals surface area contributed by atoms with Gasteiger partial charge in [-0.25, -0.2) is 4.79 Å². The Balaban J connectivity index is 1.39. The van der Waals surface area contributed by atoms with Gasteiger partial charge in [-0.05, 0) is 36.3 Å². The number of nitrogens with one attached hydrogen (secondary N) is 2. The first kappa shape index (κ1) is 21.4. The molecule has 2 aromatic rings. The molecule has 0 spiro atoms. The fourth-order valence-electron chi connectivity index (χ4n) is 4.67. The van der Waals surface area contributed by atoms with E-state index in [9.17, 15) is 9.90 Å². The van der Waals surface area contributed by atoms with Crippen LogP contribution in [-0.4, -0.2) is 59.1 Å². The maximum absolute atomic E-state index is 12.5. The smallest absolute Gasteiger partial charge is 0.317 e. The third-order valence-electron chi connectivity index (χ3n) is 6.95. The van der Waals surface area contributed by atoms with E-state index < -0.39 is 6.10 Å². The van der Waals surface area contributed by atoms with Crippen LogP contribution < -0.4 is 5.32 Å². The van der Waals surface area contributed by atoms with Crippen molar-refractivity contribution in [3.63, 3.8) is 0 Å². The molecule has 0 bridgehead atoms. The van der Waals surface area contributed by atoms with Gasteiger partial charge in [0, 0.05) is 41.0 Å². The van der Waals surface area contributed by atoms with Gasteiger partial charge in [0.2, 0.25) is 0 Å². The number of likely N-dealkylation sites (tertiary alicyclic amines) is 1. The van der Waals surface area contributed by atoms with E-state index in [0.717, 1.165) is 29.3 Å². The van der Waals surface area contributed by atoms with Crippen molar-refractivity contribution in [1.82, 2.24) is 20.4 Å². The summed E-state index contributed by atoms with van der Waals surface area (Å²) in [6.45, 7) is 9.74. The van der Waals surface area contributed by atoms with Crippen molar-refractivity contribution in [2.45, 2.75) is 39.7 Å². The zero-order valence-electron chi connectivity index (χ0n) is 17.9. The molecule has 2 aliphatic rings. The molecule has 1 atom stereocenters. The van der Waals surface area contributed by atoms with Gasteiger partial charge in [0.15, 0.2) is 0 Å². The number of hydrogen-bond acceptors (Lipinski definition) is 4. The second-order valence-corrected chi connectivity index (χ2v) is 10.2. The Kier molecular flexibility index (Phi) is 5.72. The Morgan fingerprint density at radius 3 is 2.77 bits per heavy atom. The van der Waals surface area contributed by atoms with Crippen LogP contribution in [0.15, 0.2) is 18.3 Å². The number of benzene rings is 1. The first-order valence-electron chi connectivity index (χ1n) is 10.6. The Morgan fingerprint density at radius 1 is 1.43 bits per heavy atom. The van der Waals surface area contributed by atoms with E-state index >= 15 is 0 Å². The van der Waals surface area contributed by atoms with Crippen LogP contribution in [0.2, 0.25) is 5.02 Å². The number of halogens is 1. The first-order chi connectivity index (χ1) is 14.2. The van der Waals surface area contributed by atoms with Gasteiger partial charge in [-0.1, -0.05) is 32.4 Å². The van der Waals surface area contributed by atoms with Gasteiger partial charge in [-0.2, -0.15) is 5.10 Å². The fourth-order valence-corrected chi connectivity index (χ4v) is 4.90. The summed E-state index contributed by atoms with van der Waals surface area (Å²) in [4.78, 5) is 14.4. The molecule has 2 fully saturated rings. The number of amides is 2. The number of aliphatic hydroxyl groups is 1. The van der Waals surface area contributed by atoms with Crippen LogP contribution >= 0.6 is 11.6 Å². The van der Waals surface area contributed by atoms with Crippen LogP contribution in [0.1, 0.15) is 45.3 Å². The van der Waals surface area contributed by atoms with E-state index in [1.165, 1.54) is 0 Å². The van der Waals surface area contributed by atoms with E-state index in [4.69, 9.17) is 16.3 Å². The van der Waals surface area contributed by atoms with Gasteiger partial charge in [0.05, 0.1) is 31.0 Å². The molecule has 1 aromatic carbocycles. The second kappa shape index (κ2) is 8.02. The summed E-state index contributed by atoms with van der Waals surface area (Å²) in [6, 6.07) is 3.66. The minimum atomic E-state index is -0.692. The summed E-state index contributed by atoms with van der Waals surface area (Å²) in [5, 5.41) is 22.9. The van der Waals surface area contributed by atoms with Crippen molar-refractivity contribution in [1.29, 1.82) is 0 Å². The Bertz CT molecular complexity index is 916. The standard InChI is InChI=1S/C22H31ClN4O3/c1-21(2,19(28)17-9-16(23)8-14-10-25-26-18(14)17)15-4-6-27(7-5-15)20(29)24-11-22(3)12-30-13-22/h8-10,15,19,28H,4-7,11-13H2,1-3H3,(H,24,29)(H,25,26)/t19-/m1/s1. The molecule has 164 valence electrons. The van der Waals surface area contributed by atoms with E-state index in [1.807, 2.05) is 17.0 Å². The van der Waals surface area contributed by atoms with Gasteiger partial charge in [-0.15, -0.1) is 0 Å². The molecule has 0 aliphatic carbocycles. The summed E-state index contributed by atoms with van der Waals surface area (Å²) in [6.07, 6.45) is 2.73. The lowest BCUT2D eigenvalue weighted by Crippen LogP contribution is -2.53. The number of aromatic amines is 1. The molecular formula is C22H31ClN4O3. The largest absolute Gasteiger partial charge is 0.388 e. The van der Waals surface area contributed by atoms with Crippen molar-refractivity contribution < 1.29 is 14.6 Å². The average molecular weight is 435 g/mol. The first-order valence-corrected chi connectivity index (χ1v) is 11.0. The van der Waals surface area contributed by atoms with Crippen LogP contribution in [0.5, 0.6) is 0 Å². The SMILES string of the molecule is CC1(CNC(=O)N2CCC(C(C)(C)[C@H](O)c3cc(Cl)cc4cn[nH]c34)CC2)COC1. The lowest BCUT2D eigenvalue weighted by molar-refractivity contribution is -0.0979. The molecule has 0 unspecified atom stereocenters. The van der Waals surface area contributed by atoms with E-state index in [1.54, 1.807) is 6.20 Å². The number of rotatable bonds is 5. The van der Waals surface area contributed by atoms with Crippen molar-refractivity contribution in [2.75, 3.05) is 32.8 Å². The Hall–Kier alpha value is -1.83. The predicted molar refractivity (Wildman–Crippen MR) is 116 cm³/mol. The van der Waals surface area contributed by atoms with Gasteiger partial charge >= 0.3 is 6.03 Å². The maximum Gasteiger partial charge on any atom is 0.317 e. The molecule has 2 aliphatic heterocycles. The highest BCUT2D eigenvalue weighted by Crippen LogP contribution is 2.46. The number of H-pyrrole nitrogens is 1. The van der Waals surface area contributed by atoms with Gasteiger partial charge in [0.1, 0.15) is 0 Å². The molecule has 0 saturated carbocycles. The number of aliphatic hydroxyl groups excluding tert-OH is 1. The maximum atomic E-state index is 12.5. The van der Waals surface area contributed by atoms with E-state index in [0.29, 0.717) is 37.9 Å². The van der Waals surface area contributed by atoms with Crippen molar-refractivity contribution in [3.05, 3.63) is 28.9 Å². The van der Waals surface area contributed by atoms with Crippen molar-refractivity contribution >= 4 is 28.5 Å². The molecule has 8 heteroatoms. The number of fused-ring (bicyclic) bond motifs is 1. The fraction of sp³-hybridized carbons (Fsp3) is 0.636. The van der Waals surface area contributed by atoms with Gasteiger partial charge in [-0.3, -0.25) is 5.10 Å². The molecule has 2 amide bonds. The highest BCUT2D eigenvalue weighted by Gasteiger charge is 2.41. The van der Waals surface area contributed by atoms with Crippen LogP contribution in [0.3, 0.4) is 0 Å². The Morgan fingerprint density at radius 2 is 2.13 bits per heavy atom. The quantitative estimate of drug-likeness (QED) is 0.668. The van der Waals surface area contributed by atoms with Crippen molar-refractivity contribution in [3.8, 4) is 0 Å². The van der Waals surface area contributed by atoms with E-state index in [-0.39, 0.29) is 22.8 Å². The minimum absolute atomic E-state index is 0.00561. The summed E-state index contributed by atoms with van der Waals surface area (Å²) in [5.41, 5.74) is 1.29. The molecule has 3 heterocycles. The highest BCUT2D eigenvalue weighted by atomic mass is 35.5. The molecule has 3 N–H and O–H groups in total.